The van der Waals surface area contributed by atoms with Crippen molar-refractivity contribution in [3.05, 3.63) is 213 Å². The van der Waals surface area contributed by atoms with E-state index in [-0.39, 0.29) is 144 Å². The molecule has 0 spiro atoms. The van der Waals surface area contributed by atoms with E-state index in [1.165, 1.54) is 12.1 Å². The number of hydroxylamine groups is 2. The number of hydrogen-bond donors (Lipinski definition) is 12. The number of imide groups is 1. The summed E-state index contributed by atoms with van der Waals surface area (Å²) >= 11 is 0. The number of Topliss-reactive ketones (excluding diaryl/α,β-unsaturated/α-hetero) is 4. The first-order valence-electron chi connectivity index (χ1n) is 43.1. The number of methoxy groups -OCH3 is 2. The van der Waals surface area contributed by atoms with Crippen LogP contribution in [0.15, 0.2) is 158 Å². The number of carbonyl (C=O) groups excluding carboxylic acids is 11. The number of halogens is 3. The topological polar surface area (TPSA) is 529 Å². The lowest BCUT2D eigenvalue weighted by molar-refractivity contribution is -0.197. The van der Waals surface area contributed by atoms with Crippen molar-refractivity contribution in [1.82, 2.24) is 35.8 Å². The molecule has 718 valence electrons. The van der Waals surface area contributed by atoms with Gasteiger partial charge in [-0.1, -0.05) is 197 Å². The first-order chi connectivity index (χ1) is 62.1. The molecule has 33 nitrogen and oxygen atoms in total. The van der Waals surface area contributed by atoms with Gasteiger partial charge in [0.05, 0.1) is 63.0 Å². The molecule has 1 saturated heterocycles. The van der Waals surface area contributed by atoms with E-state index in [9.17, 15) is 82.7 Å². The number of nitrogens with one attached hydrogen (secondary N) is 8. The molecule has 131 heavy (non-hydrogen) atoms. The van der Waals surface area contributed by atoms with E-state index in [0.717, 1.165) is 16.7 Å². The number of carbonyl (C=O) groups is 11. The molecule has 7 rings (SSSR count). The fourth-order valence-corrected chi connectivity index (χ4v) is 16.1. The van der Waals surface area contributed by atoms with Gasteiger partial charge < -0.3 is 68.0 Å². The minimum absolute atomic E-state index is 0. The van der Waals surface area contributed by atoms with Crippen LogP contribution in [0.5, 0.6) is 0 Å². The molecule has 6 aromatic rings. The zero-order valence-corrected chi connectivity index (χ0v) is 75.3. The number of amides is 6. The number of ketones is 4. The molecular formula is C93H128F3N13O20S2. The van der Waals surface area contributed by atoms with Crippen molar-refractivity contribution in [2.24, 2.45) is 34.8 Å². The fraction of sp³-hybridized carbons (Fsp3) is 0.473. The Bertz CT molecular complexity index is 4830. The Morgan fingerprint density at radius 1 is 0.458 bits per heavy atom. The summed E-state index contributed by atoms with van der Waals surface area (Å²) in [4.78, 5) is 141. The number of hydrogen-bond acceptors (Lipinski definition) is 24. The molecule has 0 bridgehead atoms. The summed E-state index contributed by atoms with van der Waals surface area (Å²) in [5.41, 5.74) is 28.8. The van der Waals surface area contributed by atoms with Gasteiger partial charge in [0.1, 0.15) is 23.2 Å². The average molecular weight is 1870 g/mol. The van der Waals surface area contributed by atoms with E-state index in [1.807, 2.05) is 29.6 Å². The minimum Gasteiger partial charge on any atom is -0.384 e. The van der Waals surface area contributed by atoms with Gasteiger partial charge in [0, 0.05) is 134 Å². The maximum Gasteiger partial charge on any atom is 0.471 e. The molecule has 1 heterocycles. The molecule has 0 aromatic heterocycles. The zero-order chi connectivity index (χ0) is 95.3. The molecule has 1 aliphatic heterocycles. The van der Waals surface area contributed by atoms with Crippen LogP contribution in [-0.4, -0.2) is 183 Å². The van der Waals surface area contributed by atoms with Gasteiger partial charge in [0.2, 0.25) is 37.8 Å². The van der Waals surface area contributed by atoms with Crippen LogP contribution in [-0.2, 0) is 147 Å². The summed E-state index contributed by atoms with van der Waals surface area (Å²) in [5, 5.41) is 26.0. The Morgan fingerprint density at radius 3 is 1.34 bits per heavy atom. The summed E-state index contributed by atoms with van der Waals surface area (Å²) in [6.07, 6.45) is 0.810. The van der Waals surface area contributed by atoms with Gasteiger partial charge in [-0.05, 0) is 96.0 Å². The zero-order valence-electron chi connectivity index (χ0n) is 73.6. The van der Waals surface area contributed by atoms with Gasteiger partial charge in [-0.3, -0.25) is 58.8 Å². The quantitative estimate of drug-likeness (QED) is 0.00737. The number of sulfonamides is 2. The number of alkyl halides is 3. The van der Waals surface area contributed by atoms with Crippen molar-refractivity contribution in [1.29, 1.82) is 10.8 Å². The lowest BCUT2D eigenvalue weighted by atomic mass is 9.89. The first-order valence-corrected chi connectivity index (χ1v) is 46.4. The Labute approximate surface area is 765 Å². The van der Waals surface area contributed by atoms with Crippen LogP contribution in [0.3, 0.4) is 0 Å². The van der Waals surface area contributed by atoms with Crippen LogP contribution in [0.1, 0.15) is 191 Å². The molecule has 0 radical (unpaired) electrons. The van der Waals surface area contributed by atoms with Crippen molar-refractivity contribution in [3.63, 3.8) is 0 Å². The van der Waals surface area contributed by atoms with Gasteiger partial charge in [0.25, 0.3) is 11.8 Å². The first kappa shape index (κ1) is 112. The summed E-state index contributed by atoms with van der Waals surface area (Å²) in [6.45, 7) is 3.69. The molecule has 0 unspecified atom stereocenters. The number of nitrogen functional groups attached to an aromatic ring is 2. The highest BCUT2D eigenvalue weighted by Crippen LogP contribution is 2.24. The summed E-state index contributed by atoms with van der Waals surface area (Å²) in [5.74, 6) is -8.58. The molecule has 0 aliphatic carbocycles. The van der Waals surface area contributed by atoms with Crippen LogP contribution in [0, 0.1) is 22.7 Å². The fourth-order valence-electron chi connectivity index (χ4n) is 13.3. The van der Waals surface area contributed by atoms with Crippen LogP contribution in [0.2, 0.25) is 0 Å². The normalized spacial score (nSPS) is 12.8. The van der Waals surface area contributed by atoms with E-state index in [1.54, 1.807) is 136 Å². The lowest BCUT2D eigenvalue weighted by Gasteiger charge is -2.22. The third kappa shape index (κ3) is 46.9. The molecule has 38 heteroatoms. The van der Waals surface area contributed by atoms with Crippen LogP contribution < -0.4 is 53.6 Å². The third-order valence-electron chi connectivity index (χ3n) is 20.3. The molecule has 1 aliphatic rings. The number of unbranched alkanes of at least 4 members (excludes halogenated alkanes) is 5. The molecule has 0 saturated carbocycles. The Balaban J connectivity index is 0.000000446. The number of nitrogens with two attached hydrogens (primary N) is 4. The molecule has 1 fully saturated rings. The van der Waals surface area contributed by atoms with E-state index in [0.29, 0.717) is 167 Å². The van der Waals surface area contributed by atoms with E-state index < -0.39 is 97.9 Å². The van der Waals surface area contributed by atoms with Crippen molar-refractivity contribution in [2.45, 2.75) is 205 Å². The molecule has 4 atom stereocenters. The van der Waals surface area contributed by atoms with Crippen LogP contribution in [0.25, 0.3) is 0 Å². The maximum atomic E-state index is 14.1. The lowest BCUT2D eigenvalue weighted by Crippen LogP contribution is -2.43. The monoisotopic (exact) mass is 1870 g/mol. The number of nitrogens with zero attached hydrogens (tertiary/aromatic N) is 1. The van der Waals surface area contributed by atoms with Gasteiger partial charge in [-0.2, -0.15) is 13.2 Å². The number of ether oxygens (including phenoxy) is 4. The smallest absolute Gasteiger partial charge is 0.384 e. The highest BCUT2D eigenvalue weighted by molar-refractivity contribution is 7.89. The number of rotatable bonds is 61. The summed E-state index contributed by atoms with van der Waals surface area (Å²) < 4.78 is 117. The number of benzene rings is 6. The standard InChI is InChI=1S/C43H60N6O8S.C35H43F3N6O5S.C14H21NO7.CH4/c1-56-24-25-57-23-22-47-41(52)21-20-38(50)14-7-2-3-8-15-39(49-58(54,55)31-33-10-5-4-6-11-33)40(51)28-37(27-34-12-9-13-35(26-34)29-44)43(53)48-30-32-16-18-36(19-17-32)42(45)46;36-35(37,38)34(47)43-22-27-11-7-10-26(18-27)19-29(33(46)42-21-24-13-15-28(16-14-24)32(40)41)20-31(45)30(12-5-2-6-17-39)44-50(48,49)23-25-8-3-1-4-9-25;1-20-9-10-21-8-2-3-11(16)4-7-14(19)22-15-12(17)5-6-13(15)18;/h4-6,9-13,16-19,26,37,39,49H,2-3,7-8,14-15,20-25,27-31,44H2,1H3,(H3,45,46)(H,47,52)(H,48,53);1,3-4,7-11,13-16,18,29-30,44H,2,5-6,12,17,19-23,39H2,(H3,40,41)(H,42,46)(H,43,47);2-10H2,1H3;1H4/t37-,39-;29-,30-;;/m11../s1. The summed E-state index contributed by atoms with van der Waals surface area (Å²) in [7, 11) is -4.74. The Hall–Kier alpha value is -11.2. The minimum atomic E-state index is -5.04. The van der Waals surface area contributed by atoms with Crippen LogP contribution in [0.4, 0.5) is 13.2 Å². The molecule has 16 N–H and O–H groups in total. The van der Waals surface area contributed by atoms with E-state index >= 15 is 0 Å². The molecular weight excluding hydrogens is 1740 g/mol. The van der Waals surface area contributed by atoms with Gasteiger partial charge in [-0.15, -0.1) is 5.06 Å². The molecule has 6 amide bonds. The second-order valence-electron chi connectivity index (χ2n) is 31.0. The van der Waals surface area contributed by atoms with Crippen molar-refractivity contribution < 1.29 is 107 Å². The highest BCUT2D eigenvalue weighted by Gasteiger charge is 2.39. The Morgan fingerprint density at radius 2 is 0.878 bits per heavy atom. The third-order valence-corrected chi connectivity index (χ3v) is 23.0. The average Bonchev–Trinajstić information content (AvgIpc) is 1.40. The SMILES string of the molecule is C.COCCOCCCC(=O)CCC(=O)ON1C(=O)CCC1=O.COCCOCCNC(=O)CCC(=O)CCCCCC[C@@H](NS(=O)(=O)Cc1ccccc1)C(=O)C[C@@H](Cc1cccc(CN)c1)C(=O)NCc1ccc(C(=N)N)cc1.N=C(N)c1ccc(CNC(=O)[C@@H](CC(=O)[C@@H](CCCCCN)NS(=O)(=O)Cc2ccccc2)Cc2cccc(CNC(=O)C(F)(F)F)c2)cc1. The van der Waals surface area contributed by atoms with Gasteiger partial charge >= 0.3 is 18.1 Å². The second kappa shape index (κ2) is 61.4. The van der Waals surface area contributed by atoms with Crippen molar-refractivity contribution >= 4 is 96.3 Å². The van der Waals surface area contributed by atoms with Crippen LogP contribution >= 0.6 is 0 Å². The maximum absolute atomic E-state index is 14.1. The highest BCUT2D eigenvalue weighted by atomic mass is 32.2. The largest absolute Gasteiger partial charge is 0.471 e. The summed E-state index contributed by atoms with van der Waals surface area (Å²) in [6, 6.07) is 42.3. The predicted octanol–water partition coefficient (Wildman–Crippen LogP) is 8.43. The van der Waals surface area contributed by atoms with Gasteiger partial charge in [-0.25, -0.2) is 31.1 Å². The van der Waals surface area contributed by atoms with Crippen molar-refractivity contribution in [2.75, 3.05) is 67.0 Å². The van der Waals surface area contributed by atoms with E-state index in [2.05, 4.69) is 30.2 Å². The van der Waals surface area contributed by atoms with Gasteiger partial charge in [0.15, 0.2) is 11.6 Å². The van der Waals surface area contributed by atoms with Crippen molar-refractivity contribution in [3.8, 4) is 0 Å². The second-order valence-corrected chi connectivity index (χ2v) is 34.5. The van der Waals surface area contributed by atoms with E-state index in [4.69, 9.17) is 52.7 Å². The Kier molecular flexibility index (Phi) is 52.6. The number of amidine groups is 2. The molecule has 6 aromatic carbocycles. The predicted molar refractivity (Wildman–Crippen MR) is 488 cm³/mol.